The average molecular weight is 509 g/mol. The van der Waals surface area contributed by atoms with Gasteiger partial charge in [0, 0.05) is 47.0 Å². The molecule has 0 aliphatic heterocycles. The Balaban J connectivity index is 1.68. The molecule has 4 heteroatoms. The standard InChI is InChI=1S/C33H26FN2S/c1-19(2)27-16-29(36(4)18-28(27)34)30-20(3)9-13-25-26-14-12-24(17-35)31(33(26)37-32(25)30)23-11-10-21-7-5-6-8-22(21)15-23/h5-16,18-19H,1-4H3/q+1/i1D3,2D3,19D. The number of fused-ring (bicyclic) bond motifs is 4. The van der Waals surface area contributed by atoms with Gasteiger partial charge in [-0.1, -0.05) is 68.3 Å². The molecule has 0 unspecified atom stereocenters. The number of halogens is 1. The molecule has 0 aliphatic rings. The van der Waals surface area contributed by atoms with Crippen LogP contribution < -0.4 is 4.57 Å². The molecular formula is C33H26FN2S+. The smallest absolute Gasteiger partial charge is 0.200 e. The first-order chi connectivity index (χ1) is 20.7. The number of aromatic nitrogens is 1. The summed E-state index contributed by atoms with van der Waals surface area (Å²) in [6.45, 7) is -4.80. The first-order valence-corrected chi connectivity index (χ1v) is 12.6. The van der Waals surface area contributed by atoms with Crippen LogP contribution in [0.15, 0.2) is 79.0 Å². The first-order valence-electron chi connectivity index (χ1n) is 15.3. The summed E-state index contributed by atoms with van der Waals surface area (Å²) in [5.74, 6) is -4.28. The summed E-state index contributed by atoms with van der Waals surface area (Å²) in [5, 5.41) is 14.0. The zero-order valence-corrected chi connectivity index (χ0v) is 21.0. The van der Waals surface area contributed by atoms with E-state index in [0.717, 1.165) is 53.8 Å². The molecule has 0 aliphatic carbocycles. The van der Waals surface area contributed by atoms with Gasteiger partial charge in [0.2, 0.25) is 11.9 Å². The zero-order valence-electron chi connectivity index (χ0n) is 27.2. The maximum Gasteiger partial charge on any atom is 0.214 e. The van der Waals surface area contributed by atoms with Gasteiger partial charge < -0.3 is 0 Å². The third-order valence-corrected chi connectivity index (χ3v) is 8.18. The molecule has 0 fully saturated rings. The van der Waals surface area contributed by atoms with Crippen molar-refractivity contribution in [3.8, 4) is 28.5 Å². The molecule has 2 nitrogen and oxygen atoms in total. The molecule has 0 saturated heterocycles. The van der Waals surface area contributed by atoms with Crippen molar-refractivity contribution in [2.75, 3.05) is 0 Å². The molecule has 0 bridgehead atoms. The van der Waals surface area contributed by atoms with Gasteiger partial charge in [0.25, 0.3) is 0 Å². The summed E-state index contributed by atoms with van der Waals surface area (Å²) in [6.07, 6.45) is 1.03. The highest BCUT2D eigenvalue weighted by molar-refractivity contribution is 7.27. The minimum Gasteiger partial charge on any atom is -0.200 e. The van der Waals surface area contributed by atoms with Crippen LogP contribution in [0.1, 0.15) is 45.9 Å². The Morgan fingerprint density at radius 1 is 0.946 bits per heavy atom. The average Bonchev–Trinajstić information content (AvgIpc) is 3.34. The second kappa shape index (κ2) is 8.80. The van der Waals surface area contributed by atoms with Crippen molar-refractivity contribution in [2.45, 2.75) is 26.5 Å². The Labute approximate surface area is 229 Å². The molecule has 2 heterocycles. The molecule has 0 spiro atoms. The summed E-state index contributed by atoms with van der Waals surface area (Å²) < 4.78 is 74.9. The fraction of sp³-hybridized carbons (Fsp3) is 0.152. The number of benzene rings is 4. The number of aryl methyl sites for hydroxylation is 2. The molecule has 0 atom stereocenters. The van der Waals surface area contributed by atoms with E-state index in [1.807, 2.05) is 61.5 Å². The van der Waals surface area contributed by atoms with E-state index in [2.05, 4.69) is 12.1 Å². The second-order valence-corrected chi connectivity index (χ2v) is 10.2. The van der Waals surface area contributed by atoms with E-state index in [1.165, 1.54) is 22.0 Å². The lowest BCUT2D eigenvalue weighted by Gasteiger charge is -2.11. The maximum absolute atomic E-state index is 15.5. The Hall–Kier alpha value is -4.07. The Morgan fingerprint density at radius 2 is 1.68 bits per heavy atom. The highest BCUT2D eigenvalue weighted by Crippen LogP contribution is 2.46. The summed E-state index contributed by atoms with van der Waals surface area (Å²) in [7, 11) is 1.60. The van der Waals surface area contributed by atoms with Gasteiger partial charge >= 0.3 is 0 Å². The lowest BCUT2D eigenvalue weighted by Crippen LogP contribution is -2.32. The van der Waals surface area contributed by atoms with E-state index in [4.69, 9.17) is 9.60 Å². The van der Waals surface area contributed by atoms with Crippen molar-refractivity contribution >= 4 is 42.3 Å². The fourth-order valence-corrected chi connectivity index (χ4v) is 6.58. The molecule has 0 radical (unpaired) electrons. The molecule has 180 valence electrons. The van der Waals surface area contributed by atoms with Gasteiger partial charge in [-0.15, -0.1) is 11.3 Å². The summed E-state index contributed by atoms with van der Waals surface area (Å²) in [4.78, 5) is 0. The highest BCUT2D eigenvalue weighted by atomic mass is 32.1. The second-order valence-electron chi connectivity index (χ2n) is 9.18. The van der Waals surface area contributed by atoms with Gasteiger partial charge in [-0.25, -0.2) is 4.39 Å². The summed E-state index contributed by atoms with van der Waals surface area (Å²) >= 11 is 1.46. The van der Waals surface area contributed by atoms with E-state index < -0.39 is 31.0 Å². The lowest BCUT2D eigenvalue weighted by molar-refractivity contribution is -0.662. The number of nitrogens with zero attached hydrogens (tertiary/aromatic N) is 2. The molecule has 6 aromatic rings. The molecule has 0 N–H and O–H groups in total. The minimum atomic E-state index is -3.34. The normalized spacial score (nSPS) is 15.4. The quantitative estimate of drug-likeness (QED) is 0.219. The number of pyridine rings is 1. The first kappa shape index (κ1) is 16.6. The molecule has 6 rings (SSSR count). The van der Waals surface area contributed by atoms with Crippen molar-refractivity contribution in [2.24, 2.45) is 7.05 Å². The highest BCUT2D eigenvalue weighted by Gasteiger charge is 2.24. The van der Waals surface area contributed by atoms with Crippen molar-refractivity contribution in [3.05, 3.63) is 102 Å². The number of rotatable bonds is 3. The molecule has 2 aromatic heterocycles. The SMILES string of the molecule is [2H]C([2H])([2H])C([2H])(c1cc(-c2c(C)ccc3c2sc2c(-c4ccc5ccccc5c4)c(C#N)ccc23)[n+](C)cc1F)C([2H])([2H])[2H]. The number of hydrogen-bond donors (Lipinski definition) is 0. The van der Waals surface area contributed by atoms with Crippen LogP contribution in [0.4, 0.5) is 4.39 Å². The van der Waals surface area contributed by atoms with E-state index in [0.29, 0.717) is 16.8 Å². The fourth-order valence-electron chi connectivity index (χ4n) is 5.10. The number of thiophene rings is 1. The van der Waals surface area contributed by atoms with Crippen LogP contribution in [0.5, 0.6) is 0 Å². The largest absolute Gasteiger partial charge is 0.214 e. The van der Waals surface area contributed by atoms with Gasteiger partial charge in [-0.3, -0.25) is 0 Å². The van der Waals surface area contributed by atoms with Crippen LogP contribution >= 0.6 is 11.3 Å². The Kier molecular flexibility index (Phi) is 3.95. The molecule has 4 aromatic carbocycles. The number of nitriles is 1. The van der Waals surface area contributed by atoms with Crippen molar-refractivity contribution < 1.29 is 18.6 Å². The van der Waals surface area contributed by atoms with E-state index in [9.17, 15) is 5.26 Å². The molecule has 37 heavy (non-hydrogen) atoms. The van der Waals surface area contributed by atoms with Gasteiger partial charge in [0.15, 0.2) is 5.82 Å². The van der Waals surface area contributed by atoms with Crippen LogP contribution in [0.2, 0.25) is 0 Å². The lowest BCUT2D eigenvalue weighted by atomic mass is 9.94. The summed E-state index contributed by atoms with van der Waals surface area (Å²) in [5.41, 5.74) is 3.30. The van der Waals surface area contributed by atoms with Crippen LogP contribution in [-0.4, -0.2) is 0 Å². The van der Waals surface area contributed by atoms with Crippen LogP contribution in [0.3, 0.4) is 0 Å². The molecular weight excluding hydrogens is 475 g/mol. The van der Waals surface area contributed by atoms with Gasteiger partial charge in [-0.05, 0) is 46.8 Å². The minimum absolute atomic E-state index is 0.369. The monoisotopic (exact) mass is 508 g/mol. The van der Waals surface area contributed by atoms with Crippen LogP contribution in [0.25, 0.3) is 53.3 Å². The Bertz CT molecular complexity index is 2160. The predicted octanol–water partition coefficient (Wildman–Crippen LogP) is 8.81. The number of hydrogen-bond acceptors (Lipinski definition) is 2. The maximum atomic E-state index is 15.5. The van der Waals surface area contributed by atoms with Crippen molar-refractivity contribution in [3.63, 3.8) is 0 Å². The van der Waals surface area contributed by atoms with E-state index in [1.54, 1.807) is 13.1 Å². The zero-order chi connectivity index (χ0) is 31.8. The van der Waals surface area contributed by atoms with Crippen molar-refractivity contribution in [1.29, 1.82) is 5.26 Å². The van der Waals surface area contributed by atoms with Gasteiger partial charge in [-0.2, -0.15) is 9.83 Å². The van der Waals surface area contributed by atoms with E-state index in [-0.39, 0.29) is 0 Å². The topological polar surface area (TPSA) is 27.7 Å². The van der Waals surface area contributed by atoms with Crippen molar-refractivity contribution in [1.82, 2.24) is 0 Å². The molecule has 0 amide bonds. The Morgan fingerprint density at radius 3 is 2.43 bits per heavy atom. The third kappa shape index (κ3) is 3.70. The molecule has 0 saturated carbocycles. The summed E-state index contributed by atoms with van der Waals surface area (Å²) in [6, 6.07) is 25.2. The van der Waals surface area contributed by atoms with E-state index >= 15 is 4.39 Å². The van der Waals surface area contributed by atoms with Crippen LogP contribution in [0, 0.1) is 24.1 Å². The third-order valence-electron chi connectivity index (χ3n) is 6.93. The van der Waals surface area contributed by atoms with Gasteiger partial charge in [0.05, 0.1) is 17.2 Å². The van der Waals surface area contributed by atoms with Gasteiger partial charge in [0.1, 0.15) is 7.05 Å². The van der Waals surface area contributed by atoms with Crippen LogP contribution in [-0.2, 0) is 7.05 Å². The predicted molar refractivity (Wildman–Crippen MR) is 152 cm³/mol.